The predicted molar refractivity (Wildman–Crippen MR) is 157 cm³/mol. The molecule has 4 fully saturated rings. The molecule has 3 atom stereocenters. The minimum Gasteiger partial charge on any atom is -0.393 e. The van der Waals surface area contributed by atoms with Crippen molar-refractivity contribution in [2.75, 3.05) is 17.2 Å². The van der Waals surface area contributed by atoms with Gasteiger partial charge < -0.3 is 20.5 Å². The van der Waals surface area contributed by atoms with Gasteiger partial charge in [0.1, 0.15) is 11.6 Å². The lowest BCUT2D eigenvalue weighted by molar-refractivity contribution is 0.0987. The molecule has 220 valence electrons. The van der Waals surface area contributed by atoms with E-state index >= 15 is 0 Å². The molecule has 2 bridgehead atoms. The van der Waals surface area contributed by atoms with Crippen LogP contribution in [0.3, 0.4) is 0 Å². The van der Waals surface area contributed by atoms with E-state index in [-0.39, 0.29) is 23.4 Å². The number of rotatable bonds is 8. The Morgan fingerprint density at radius 1 is 1.05 bits per heavy atom. The number of aliphatic hydroxyl groups excluding tert-OH is 1. The SMILES string of the molecule is O=S(=O)(C1CC1)n1cc(-c2nccc(Nc3cc(NCC4CCC(O)CC4)c(C#CC4CC5CCC4O5)cn3)n2)cn1. The summed E-state index contributed by atoms with van der Waals surface area (Å²) >= 11 is 0. The minimum atomic E-state index is -3.46. The number of aliphatic hydroxyl groups is 1. The van der Waals surface area contributed by atoms with Crippen LogP contribution < -0.4 is 10.6 Å². The molecule has 0 spiro atoms. The molecule has 42 heavy (non-hydrogen) atoms. The van der Waals surface area contributed by atoms with Crippen LogP contribution in [0.15, 0.2) is 36.9 Å². The summed E-state index contributed by atoms with van der Waals surface area (Å²) in [5, 5.41) is 20.5. The first-order valence-corrected chi connectivity index (χ1v) is 16.4. The van der Waals surface area contributed by atoms with Crippen molar-refractivity contribution in [1.29, 1.82) is 0 Å². The Bertz CT molecular complexity index is 1620. The Labute approximate surface area is 245 Å². The summed E-state index contributed by atoms with van der Waals surface area (Å²) in [5.41, 5.74) is 2.26. The highest BCUT2D eigenvalue weighted by molar-refractivity contribution is 7.90. The second-order valence-electron chi connectivity index (χ2n) is 11.9. The number of nitrogens with one attached hydrogen (secondary N) is 2. The standard InChI is InChI=1S/C30H35N7O4S/c38-23-5-1-19(2-6-23)15-32-26-14-29(33-16-21(26)4-3-20-13-24-7-10-27(20)41-24)35-28-11-12-31-30(36-28)22-17-34-37(18-22)42(39,40)25-8-9-25/h11-12,14,16-20,23-25,27,38H,1-2,5-10,13,15H2,(H2,31,32,33,35,36). The summed E-state index contributed by atoms with van der Waals surface area (Å²) < 4.78 is 32.1. The lowest BCUT2D eigenvalue weighted by Gasteiger charge is -2.26. The molecule has 11 nitrogen and oxygen atoms in total. The number of ether oxygens (including phenoxy) is 1. The average Bonchev–Trinajstić information content (AvgIpc) is 3.39. The monoisotopic (exact) mass is 589 g/mol. The number of aromatic nitrogens is 5. The number of hydrogen-bond acceptors (Lipinski definition) is 10. The fourth-order valence-electron chi connectivity index (χ4n) is 6.11. The van der Waals surface area contributed by atoms with Crippen molar-refractivity contribution in [1.82, 2.24) is 24.1 Å². The number of nitrogens with zero attached hydrogens (tertiary/aromatic N) is 5. The molecule has 2 aliphatic heterocycles. The van der Waals surface area contributed by atoms with Gasteiger partial charge in [-0.1, -0.05) is 11.8 Å². The predicted octanol–water partition coefficient (Wildman–Crippen LogP) is 3.70. The van der Waals surface area contributed by atoms with E-state index in [2.05, 4.69) is 42.5 Å². The Morgan fingerprint density at radius 3 is 2.67 bits per heavy atom. The second-order valence-corrected chi connectivity index (χ2v) is 14.0. The van der Waals surface area contributed by atoms with Crippen molar-refractivity contribution >= 4 is 27.3 Å². The van der Waals surface area contributed by atoms with E-state index in [0.717, 1.165) is 66.8 Å². The van der Waals surface area contributed by atoms with E-state index in [1.807, 2.05) is 6.07 Å². The van der Waals surface area contributed by atoms with Crippen LogP contribution in [0, 0.1) is 23.7 Å². The molecule has 3 N–H and O–H groups in total. The molecule has 2 aliphatic carbocycles. The molecule has 4 aliphatic rings. The van der Waals surface area contributed by atoms with Gasteiger partial charge in [0, 0.05) is 30.9 Å². The smallest absolute Gasteiger partial charge is 0.256 e. The molecule has 2 saturated heterocycles. The highest BCUT2D eigenvalue weighted by atomic mass is 32.2. The highest BCUT2D eigenvalue weighted by Gasteiger charge is 2.40. The molecule has 0 radical (unpaired) electrons. The molecule has 3 unspecified atom stereocenters. The van der Waals surface area contributed by atoms with Gasteiger partial charge in [-0.25, -0.2) is 23.4 Å². The molecule has 3 aromatic rings. The van der Waals surface area contributed by atoms with E-state index in [1.165, 1.54) is 12.4 Å². The Kier molecular flexibility index (Phi) is 7.34. The van der Waals surface area contributed by atoms with E-state index in [0.29, 0.717) is 47.9 Å². The summed E-state index contributed by atoms with van der Waals surface area (Å²) in [5.74, 6) is 9.07. The van der Waals surface area contributed by atoms with Crippen molar-refractivity contribution in [2.45, 2.75) is 81.3 Å². The second kappa shape index (κ2) is 11.3. The van der Waals surface area contributed by atoms with E-state index in [9.17, 15) is 13.5 Å². The molecule has 3 aromatic heterocycles. The lowest BCUT2D eigenvalue weighted by Crippen LogP contribution is -2.23. The van der Waals surface area contributed by atoms with Crippen LogP contribution in [0.2, 0.25) is 0 Å². The summed E-state index contributed by atoms with van der Waals surface area (Å²) in [6, 6.07) is 3.68. The van der Waals surface area contributed by atoms with Gasteiger partial charge in [0.2, 0.25) is 0 Å². The molecule has 0 aromatic carbocycles. The molecule has 12 heteroatoms. The zero-order valence-electron chi connectivity index (χ0n) is 23.3. The first kappa shape index (κ1) is 27.3. The fraction of sp³-hybridized carbons (Fsp3) is 0.533. The van der Waals surface area contributed by atoms with Crippen LogP contribution in [0.25, 0.3) is 11.4 Å². The van der Waals surface area contributed by atoms with Crippen molar-refractivity contribution in [3.63, 3.8) is 0 Å². The summed E-state index contributed by atoms with van der Waals surface area (Å²) in [7, 11) is -3.46. The van der Waals surface area contributed by atoms with Crippen LogP contribution >= 0.6 is 0 Å². The quantitative estimate of drug-likeness (QED) is 0.333. The third-order valence-electron chi connectivity index (χ3n) is 8.74. The number of pyridine rings is 1. The van der Waals surface area contributed by atoms with Gasteiger partial charge in [-0.2, -0.15) is 9.19 Å². The van der Waals surface area contributed by atoms with Gasteiger partial charge in [0.05, 0.1) is 52.8 Å². The number of fused-ring (bicyclic) bond motifs is 2. The molecule has 5 heterocycles. The maximum atomic E-state index is 12.5. The van der Waals surface area contributed by atoms with Crippen LogP contribution in [-0.2, 0) is 14.8 Å². The first-order chi connectivity index (χ1) is 20.4. The average molecular weight is 590 g/mol. The highest BCUT2D eigenvalue weighted by Crippen LogP contribution is 2.38. The zero-order valence-corrected chi connectivity index (χ0v) is 24.1. The maximum Gasteiger partial charge on any atom is 0.256 e. The molecular formula is C30H35N7O4S. The largest absolute Gasteiger partial charge is 0.393 e. The zero-order chi connectivity index (χ0) is 28.7. The topological polar surface area (TPSA) is 144 Å². The van der Waals surface area contributed by atoms with Crippen molar-refractivity contribution in [2.24, 2.45) is 11.8 Å². The van der Waals surface area contributed by atoms with E-state index < -0.39 is 10.0 Å². The molecular weight excluding hydrogens is 554 g/mol. The van der Waals surface area contributed by atoms with Gasteiger partial charge in [0.25, 0.3) is 10.0 Å². The molecule has 7 rings (SSSR count). The normalized spacial score (nSPS) is 26.9. The van der Waals surface area contributed by atoms with Crippen LogP contribution in [0.1, 0.15) is 63.4 Å². The van der Waals surface area contributed by atoms with Crippen LogP contribution in [-0.4, -0.2) is 67.8 Å². The van der Waals surface area contributed by atoms with Gasteiger partial charge in [0.15, 0.2) is 5.82 Å². The van der Waals surface area contributed by atoms with Crippen LogP contribution in [0.4, 0.5) is 17.3 Å². The summed E-state index contributed by atoms with van der Waals surface area (Å²) in [6.07, 6.45) is 15.0. The Morgan fingerprint density at radius 2 is 1.90 bits per heavy atom. The molecule has 0 amide bonds. The number of anilines is 3. The van der Waals surface area contributed by atoms with Crippen molar-refractivity contribution in [3.05, 3.63) is 42.5 Å². The van der Waals surface area contributed by atoms with Gasteiger partial charge in [-0.15, -0.1) is 0 Å². The lowest BCUT2D eigenvalue weighted by atomic mass is 9.87. The minimum absolute atomic E-state index is 0.182. The Balaban J connectivity index is 1.10. The van der Waals surface area contributed by atoms with E-state index in [1.54, 1.807) is 18.5 Å². The Hall–Kier alpha value is -3.53. The fourth-order valence-corrected chi connectivity index (χ4v) is 7.59. The van der Waals surface area contributed by atoms with Crippen LogP contribution in [0.5, 0.6) is 0 Å². The summed E-state index contributed by atoms with van der Waals surface area (Å²) in [4.78, 5) is 13.5. The van der Waals surface area contributed by atoms with Gasteiger partial charge in [-0.3, -0.25) is 0 Å². The van der Waals surface area contributed by atoms with Crippen molar-refractivity contribution < 1.29 is 18.3 Å². The van der Waals surface area contributed by atoms with Gasteiger partial charge in [-0.05, 0) is 69.8 Å². The van der Waals surface area contributed by atoms with Gasteiger partial charge >= 0.3 is 0 Å². The number of hydrogen-bond donors (Lipinski definition) is 3. The van der Waals surface area contributed by atoms with Crippen molar-refractivity contribution in [3.8, 4) is 23.2 Å². The third kappa shape index (κ3) is 5.86. The third-order valence-corrected chi connectivity index (χ3v) is 10.8. The summed E-state index contributed by atoms with van der Waals surface area (Å²) in [6.45, 7) is 0.799. The van der Waals surface area contributed by atoms with E-state index in [4.69, 9.17) is 4.74 Å². The maximum absolute atomic E-state index is 12.5. The first-order valence-electron chi connectivity index (χ1n) is 14.9. The molecule has 2 saturated carbocycles.